The van der Waals surface area contributed by atoms with Gasteiger partial charge in [0.2, 0.25) is 6.04 Å². The van der Waals surface area contributed by atoms with Gasteiger partial charge in [0.05, 0.1) is 0 Å². The molecular formula is C7H12N2O4. The number of carboxylic acid groups (broad SMARTS) is 1. The third-order valence-electron chi connectivity index (χ3n) is 2.45. The number of nitro groups is 1. The number of hydrogen-bond acceptors (Lipinski definition) is 4. The lowest BCUT2D eigenvalue weighted by Crippen LogP contribution is -2.44. The molecule has 1 saturated carbocycles. The summed E-state index contributed by atoms with van der Waals surface area (Å²) in [6.45, 7) is 0. The summed E-state index contributed by atoms with van der Waals surface area (Å²) in [4.78, 5) is 20.6. The monoisotopic (exact) mass is 188 g/mol. The second-order valence-electron chi connectivity index (χ2n) is 3.37. The number of nitrogens with two attached hydrogens (primary N) is 1. The van der Waals surface area contributed by atoms with Crippen molar-refractivity contribution in [2.75, 3.05) is 0 Å². The molecule has 3 atom stereocenters. The summed E-state index contributed by atoms with van der Waals surface area (Å²) in [6, 6.07) is -1.24. The first kappa shape index (κ1) is 9.91. The molecule has 3 N–H and O–H groups in total. The standard InChI is InChI=1S/C7H12N2O4/c8-4-1-2-5(7(10)11)6(3-4)9(12)13/h4-6H,1-3,8H2,(H,10,11). The Labute approximate surface area is 74.9 Å². The van der Waals surface area contributed by atoms with E-state index in [1.165, 1.54) is 0 Å². The Bertz CT molecular complexity index is 231. The second kappa shape index (κ2) is 3.69. The maximum atomic E-state index is 10.6. The number of carbonyl (C=O) groups is 1. The zero-order valence-corrected chi connectivity index (χ0v) is 7.05. The fraction of sp³-hybridized carbons (Fsp3) is 0.857. The third kappa shape index (κ3) is 2.15. The number of aliphatic carboxylic acids is 1. The summed E-state index contributed by atoms with van der Waals surface area (Å²) >= 11 is 0. The van der Waals surface area contributed by atoms with E-state index in [0.717, 1.165) is 0 Å². The van der Waals surface area contributed by atoms with Gasteiger partial charge in [0.1, 0.15) is 5.92 Å². The van der Waals surface area contributed by atoms with Crippen LogP contribution < -0.4 is 5.73 Å². The molecule has 0 aromatic heterocycles. The molecule has 3 unspecified atom stereocenters. The normalized spacial score (nSPS) is 34.1. The first-order valence-corrected chi connectivity index (χ1v) is 4.14. The number of rotatable bonds is 2. The van der Waals surface area contributed by atoms with E-state index >= 15 is 0 Å². The summed E-state index contributed by atoms with van der Waals surface area (Å²) in [7, 11) is 0. The Morgan fingerprint density at radius 3 is 2.62 bits per heavy atom. The highest BCUT2D eigenvalue weighted by molar-refractivity contribution is 5.70. The van der Waals surface area contributed by atoms with Gasteiger partial charge in [-0.1, -0.05) is 0 Å². The molecule has 1 aliphatic rings. The molecule has 0 aromatic rings. The van der Waals surface area contributed by atoms with Gasteiger partial charge in [0, 0.05) is 17.4 Å². The maximum Gasteiger partial charge on any atom is 0.313 e. The van der Waals surface area contributed by atoms with Crippen molar-refractivity contribution < 1.29 is 14.8 Å². The summed E-state index contributed by atoms with van der Waals surface area (Å²) in [5, 5.41) is 19.2. The Hall–Kier alpha value is -1.17. The zero-order valence-electron chi connectivity index (χ0n) is 7.05. The van der Waals surface area contributed by atoms with E-state index in [1.54, 1.807) is 0 Å². The fourth-order valence-electron chi connectivity index (χ4n) is 1.70. The van der Waals surface area contributed by atoms with Crippen molar-refractivity contribution in [3.63, 3.8) is 0 Å². The molecule has 1 rings (SSSR count). The van der Waals surface area contributed by atoms with Gasteiger partial charge in [0.15, 0.2) is 0 Å². The molecule has 0 radical (unpaired) electrons. The smallest absolute Gasteiger partial charge is 0.313 e. The van der Waals surface area contributed by atoms with Crippen molar-refractivity contribution >= 4 is 5.97 Å². The van der Waals surface area contributed by atoms with Crippen molar-refractivity contribution in [1.82, 2.24) is 0 Å². The van der Waals surface area contributed by atoms with Crippen LogP contribution in [0.1, 0.15) is 19.3 Å². The molecule has 13 heavy (non-hydrogen) atoms. The van der Waals surface area contributed by atoms with Gasteiger partial charge in [-0.2, -0.15) is 0 Å². The summed E-state index contributed by atoms with van der Waals surface area (Å²) < 4.78 is 0. The van der Waals surface area contributed by atoms with E-state index in [4.69, 9.17) is 10.8 Å². The lowest BCUT2D eigenvalue weighted by Gasteiger charge is -2.26. The molecule has 1 aliphatic carbocycles. The lowest BCUT2D eigenvalue weighted by molar-refractivity contribution is -0.533. The number of nitrogens with zero attached hydrogens (tertiary/aromatic N) is 1. The number of carboxylic acids is 1. The highest BCUT2D eigenvalue weighted by Gasteiger charge is 2.41. The van der Waals surface area contributed by atoms with Crippen LogP contribution in [-0.2, 0) is 4.79 Å². The molecular weight excluding hydrogens is 176 g/mol. The Morgan fingerprint density at radius 2 is 2.15 bits per heavy atom. The van der Waals surface area contributed by atoms with Gasteiger partial charge in [-0.3, -0.25) is 14.9 Å². The molecule has 0 aromatic carbocycles. The SMILES string of the molecule is NC1CCC(C(=O)O)C([N+](=O)[O-])C1. The molecule has 74 valence electrons. The predicted molar refractivity (Wildman–Crippen MR) is 43.7 cm³/mol. The van der Waals surface area contributed by atoms with Crippen molar-refractivity contribution in [3.8, 4) is 0 Å². The molecule has 0 spiro atoms. The summed E-state index contributed by atoms with van der Waals surface area (Å²) in [6.07, 6.45) is 1.04. The molecule has 0 heterocycles. The Morgan fingerprint density at radius 1 is 1.54 bits per heavy atom. The lowest BCUT2D eigenvalue weighted by atomic mass is 9.82. The van der Waals surface area contributed by atoms with Crippen LogP contribution in [0.4, 0.5) is 0 Å². The van der Waals surface area contributed by atoms with E-state index in [1.807, 2.05) is 0 Å². The Kier molecular flexibility index (Phi) is 2.82. The topological polar surface area (TPSA) is 106 Å². The van der Waals surface area contributed by atoms with E-state index < -0.39 is 22.9 Å². The Balaban J connectivity index is 2.72. The van der Waals surface area contributed by atoms with E-state index in [-0.39, 0.29) is 12.5 Å². The highest BCUT2D eigenvalue weighted by atomic mass is 16.6. The quantitative estimate of drug-likeness (QED) is 0.462. The van der Waals surface area contributed by atoms with Crippen LogP contribution in [0.2, 0.25) is 0 Å². The van der Waals surface area contributed by atoms with Gasteiger partial charge in [-0.25, -0.2) is 0 Å². The molecule has 0 aliphatic heterocycles. The molecule has 0 bridgehead atoms. The van der Waals surface area contributed by atoms with Crippen LogP contribution in [0.3, 0.4) is 0 Å². The summed E-state index contributed by atoms with van der Waals surface area (Å²) in [5.41, 5.74) is 5.53. The second-order valence-corrected chi connectivity index (χ2v) is 3.37. The van der Waals surface area contributed by atoms with Crippen LogP contribution in [0.25, 0.3) is 0 Å². The molecule has 0 saturated heterocycles. The maximum absolute atomic E-state index is 10.6. The minimum Gasteiger partial charge on any atom is -0.481 e. The molecule has 6 nitrogen and oxygen atoms in total. The van der Waals surface area contributed by atoms with E-state index in [2.05, 4.69) is 0 Å². The minimum absolute atomic E-state index is 0.171. The predicted octanol–water partition coefficient (Wildman–Crippen LogP) is -0.156. The van der Waals surface area contributed by atoms with E-state index in [9.17, 15) is 14.9 Å². The van der Waals surface area contributed by atoms with Gasteiger partial charge < -0.3 is 10.8 Å². The van der Waals surface area contributed by atoms with Gasteiger partial charge >= 0.3 is 5.97 Å². The van der Waals surface area contributed by atoms with Crippen molar-refractivity contribution in [2.45, 2.75) is 31.3 Å². The minimum atomic E-state index is -1.09. The van der Waals surface area contributed by atoms with Crippen molar-refractivity contribution in [2.24, 2.45) is 11.7 Å². The van der Waals surface area contributed by atoms with Crippen LogP contribution in [0.5, 0.6) is 0 Å². The average molecular weight is 188 g/mol. The summed E-state index contributed by atoms with van der Waals surface area (Å²) in [5.74, 6) is -1.96. The zero-order chi connectivity index (χ0) is 10.0. The van der Waals surface area contributed by atoms with Crippen molar-refractivity contribution in [3.05, 3.63) is 10.1 Å². The largest absolute Gasteiger partial charge is 0.481 e. The fourth-order valence-corrected chi connectivity index (χ4v) is 1.70. The van der Waals surface area contributed by atoms with Crippen molar-refractivity contribution in [1.29, 1.82) is 0 Å². The molecule has 1 fully saturated rings. The van der Waals surface area contributed by atoms with Crippen LogP contribution >= 0.6 is 0 Å². The first-order chi connectivity index (χ1) is 6.02. The first-order valence-electron chi connectivity index (χ1n) is 4.14. The molecule has 0 amide bonds. The van der Waals surface area contributed by atoms with Crippen LogP contribution in [0, 0.1) is 16.0 Å². The van der Waals surface area contributed by atoms with Crippen LogP contribution in [0.15, 0.2) is 0 Å². The number of hydrogen-bond donors (Lipinski definition) is 2. The highest BCUT2D eigenvalue weighted by Crippen LogP contribution is 2.25. The van der Waals surface area contributed by atoms with Gasteiger partial charge in [-0.05, 0) is 12.8 Å². The third-order valence-corrected chi connectivity index (χ3v) is 2.45. The van der Waals surface area contributed by atoms with E-state index in [0.29, 0.717) is 12.8 Å². The molecule has 6 heteroatoms. The average Bonchev–Trinajstić information content (AvgIpc) is 2.03. The van der Waals surface area contributed by atoms with Crippen LogP contribution in [-0.4, -0.2) is 28.1 Å². The van der Waals surface area contributed by atoms with Gasteiger partial charge in [-0.15, -0.1) is 0 Å². The van der Waals surface area contributed by atoms with Gasteiger partial charge in [0.25, 0.3) is 0 Å².